The monoisotopic (exact) mass is 241 g/mol. The molecule has 0 aromatic carbocycles. The summed E-state index contributed by atoms with van der Waals surface area (Å²) in [6.07, 6.45) is 3.17. The molecule has 0 aliphatic heterocycles. The minimum Gasteiger partial charge on any atom is -0.397 e. The topological polar surface area (TPSA) is 68.0 Å². The van der Waals surface area contributed by atoms with Crippen LogP contribution in [-0.2, 0) is 0 Å². The van der Waals surface area contributed by atoms with Gasteiger partial charge in [-0.3, -0.25) is 4.79 Å². The van der Waals surface area contributed by atoms with Gasteiger partial charge in [0.15, 0.2) is 0 Å². The largest absolute Gasteiger partial charge is 0.397 e. The molecule has 1 heterocycles. The number of amides is 1. The Balaban J connectivity index is 2.83. The molecule has 0 saturated heterocycles. The van der Waals surface area contributed by atoms with E-state index < -0.39 is 0 Å². The average molecular weight is 242 g/mol. The quantitative estimate of drug-likeness (QED) is 0.795. The van der Waals surface area contributed by atoms with E-state index in [1.807, 2.05) is 13.8 Å². The molecule has 1 rings (SSSR count). The Bertz CT molecular complexity index is 377. The van der Waals surface area contributed by atoms with Gasteiger partial charge in [0.2, 0.25) is 0 Å². The highest BCUT2D eigenvalue weighted by Gasteiger charge is 2.13. The Labute approximate surface area is 100 Å². The molecule has 0 spiro atoms. The van der Waals surface area contributed by atoms with Crippen molar-refractivity contribution in [2.24, 2.45) is 0 Å². The number of carbonyl (C=O) groups excluding carboxylic acids is 1. The van der Waals surface area contributed by atoms with Gasteiger partial charge in [-0.2, -0.15) is 0 Å². The van der Waals surface area contributed by atoms with Crippen LogP contribution in [0.15, 0.2) is 12.3 Å². The Morgan fingerprint density at radius 1 is 1.56 bits per heavy atom. The highest BCUT2D eigenvalue weighted by atomic mass is 35.5. The van der Waals surface area contributed by atoms with Crippen LogP contribution in [0.2, 0.25) is 5.15 Å². The van der Waals surface area contributed by atoms with Gasteiger partial charge < -0.3 is 11.1 Å². The van der Waals surface area contributed by atoms with Crippen molar-refractivity contribution in [1.29, 1.82) is 0 Å². The normalized spacial score (nSPS) is 10.5. The Hall–Kier alpha value is -1.29. The molecular formula is C11H16ClN3O. The Morgan fingerprint density at radius 3 is 2.75 bits per heavy atom. The Kier molecular flexibility index (Phi) is 4.55. The lowest BCUT2D eigenvalue weighted by molar-refractivity contribution is 0.0935. The summed E-state index contributed by atoms with van der Waals surface area (Å²) < 4.78 is 0. The summed E-state index contributed by atoms with van der Waals surface area (Å²) in [5.74, 6) is -0.199. The van der Waals surface area contributed by atoms with Gasteiger partial charge in [0.1, 0.15) is 5.15 Å². The summed E-state index contributed by atoms with van der Waals surface area (Å²) in [6.45, 7) is 4.05. The molecular weight excluding hydrogens is 226 g/mol. The number of nitrogens with two attached hydrogens (primary N) is 1. The van der Waals surface area contributed by atoms with E-state index in [2.05, 4.69) is 10.3 Å². The van der Waals surface area contributed by atoms with Gasteiger partial charge in [-0.25, -0.2) is 4.98 Å². The number of nitrogen functional groups attached to an aromatic ring is 1. The van der Waals surface area contributed by atoms with Gasteiger partial charge >= 0.3 is 0 Å². The lowest BCUT2D eigenvalue weighted by Crippen LogP contribution is -2.34. The Morgan fingerprint density at radius 2 is 2.19 bits per heavy atom. The van der Waals surface area contributed by atoms with Crippen LogP contribution in [0.5, 0.6) is 0 Å². The van der Waals surface area contributed by atoms with Crippen LogP contribution in [-0.4, -0.2) is 16.9 Å². The van der Waals surface area contributed by atoms with Gasteiger partial charge in [-0.15, -0.1) is 0 Å². The van der Waals surface area contributed by atoms with E-state index in [9.17, 15) is 4.79 Å². The van der Waals surface area contributed by atoms with Crippen LogP contribution < -0.4 is 11.1 Å². The number of nitrogens with zero attached hydrogens (tertiary/aromatic N) is 1. The van der Waals surface area contributed by atoms with Crippen molar-refractivity contribution in [3.05, 3.63) is 23.0 Å². The molecule has 0 radical (unpaired) electrons. The van der Waals surface area contributed by atoms with Gasteiger partial charge in [-0.1, -0.05) is 25.4 Å². The number of halogens is 1. The van der Waals surface area contributed by atoms with E-state index in [0.717, 1.165) is 12.8 Å². The van der Waals surface area contributed by atoms with Crippen LogP contribution in [0.3, 0.4) is 0 Å². The average Bonchev–Trinajstić information content (AvgIpc) is 2.28. The predicted octanol–water partition coefficient (Wildman–Crippen LogP) is 2.24. The van der Waals surface area contributed by atoms with Gasteiger partial charge in [0, 0.05) is 6.04 Å². The van der Waals surface area contributed by atoms with Crippen molar-refractivity contribution in [2.75, 3.05) is 5.73 Å². The van der Waals surface area contributed by atoms with E-state index in [1.54, 1.807) is 0 Å². The first-order valence-electron chi connectivity index (χ1n) is 5.30. The van der Waals surface area contributed by atoms with E-state index in [0.29, 0.717) is 11.3 Å². The lowest BCUT2D eigenvalue weighted by atomic mass is 10.1. The first kappa shape index (κ1) is 12.8. The second-order valence-corrected chi connectivity index (χ2v) is 3.97. The molecule has 1 aromatic heterocycles. The first-order chi connectivity index (χ1) is 7.58. The number of rotatable bonds is 4. The molecule has 0 saturated carbocycles. The molecule has 1 amide bonds. The maximum absolute atomic E-state index is 11.9. The molecule has 0 aliphatic carbocycles. The summed E-state index contributed by atoms with van der Waals surface area (Å²) in [5, 5.41) is 3.16. The molecule has 0 atom stereocenters. The fourth-order valence-electron chi connectivity index (χ4n) is 1.39. The minimum absolute atomic E-state index is 0.166. The molecule has 3 N–H and O–H groups in total. The molecule has 1 aromatic rings. The number of pyridine rings is 1. The third-order valence-corrected chi connectivity index (χ3v) is 2.67. The van der Waals surface area contributed by atoms with Crippen molar-refractivity contribution in [1.82, 2.24) is 10.3 Å². The molecule has 16 heavy (non-hydrogen) atoms. The first-order valence-corrected chi connectivity index (χ1v) is 5.68. The summed E-state index contributed by atoms with van der Waals surface area (Å²) in [6, 6.07) is 1.65. The number of hydrogen-bond acceptors (Lipinski definition) is 3. The van der Waals surface area contributed by atoms with Crippen molar-refractivity contribution in [2.45, 2.75) is 32.7 Å². The van der Waals surface area contributed by atoms with Crippen molar-refractivity contribution < 1.29 is 4.79 Å². The maximum atomic E-state index is 11.9. The van der Waals surface area contributed by atoms with Crippen molar-refractivity contribution >= 4 is 23.2 Å². The number of aromatic nitrogens is 1. The third-order valence-electron chi connectivity index (χ3n) is 2.47. The molecule has 5 heteroatoms. The predicted molar refractivity (Wildman–Crippen MR) is 65.5 cm³/mol. The number of hydrogen-bond donors (Lipinski definition) is 2. The highest BCUT2D eigenvalue weighted by molar-refractivity contribution is 6.29. The molecule has 0 bridgehead atoms. The van der Waals surface area contributed by atoms with E-state index in [4.69, 9.17) is 17.3 Å². The van der Waals surface area contributed by atoms with Gasteiger partial charge in [0.05, 0.1) is 17.4 Å². The summed E-state index contributed by atoms with van der Waals surface area (Å²) in [7, 11) is 0. The zero-order valence-electron chi connectivity index (χ0n) is 9.46. The zero-order valence-corrected chi connectivity index (χ0v) is 10.2. The third kappa shape index (κ3) is 3.10. The van der Waals surface area contributed by atoms with E-state index in [-0.39, 0.29) is 17.1 Å². The minimum atomic E-state index is -0.199. The maximum Gasteiger partial charge on any atom is 0.253 e. The second-order valence-electron chi connectivity index (χ2n) is 3.58. The molecule has 88 valence electrons. The summed E-state index contributed by atoms with van der Waals surface area (Å²) >= 11 is 5.72. The second kappa shape index (κ2) is 5.70. The molecule has 0 unspecified atom stereocenters. The van der Waals surface area contributed by atoms with Crippen LogP contribution in [0.4, 0.5) is 5.69 Å². The number of anilines is 1. The summed E-state index contributed by atoms with van der Waals surface area (Å²) in [5.41, 5.74) is 6.39. The fourth-order valence-corrected chi connectivity index (χ4v) is 1.55. The lowest BCUT2D eigenvalue weighted by Gasteiger charge is -2.15. The van der Waals surface area contributed by atoms with E-state index >= 15 is 0 Å². The van der Waals surface area contributed by atoms with Gasteiger partial charge in [-0.05, 0) is 18.9 Å². The SMILES string of the molecule is CCC(CC)NC(=O)c1cc(Cl)ncc1N. The van der Waals surface area contributed by atoms with Crippen LogP contribution in [0, 0.1) is 0 Å². The molecule has 4 nitrogen and oxygen atoms in total. The van der Waals surface area contributed by atoms with Crippen LogP contribution in [0.25, 0.3) is 0 Å². The summed E-state index contributed by atoms with van der Waals surface area (Å²) in [4.78, 5) is 15.7. The number of carbonyl (C=O) groups is 1. The molecule has 0 aliphatic rings. The standard InChI is InChI=1S/C11H16ClN3O/c1-3-7(4-2)15-11(16)8-5-10(12)14-6-9(8)13/h5-7H,3-4,13H2,1-2H3,(H,15,16). The molecule has 0 fully saturated rings. The van der Waals surface area contributed by atoms with Crippen molar-refractivity contribution in [3.63, 3.8) is 0 Å². The smallest absolute Gasteiger partial charge is 0.253 e. The zero-order chi connectivity index (χ0) is 12.1. The van der Waals surface area contributed by atoms with Crippen LogP contribution in [0.1, 0.15) is 37.0 Å². The van der Waals surface area contributed by atoms with Crippen molar-refractivity contribution in [3.8, 4) is 0 Å². The van der Waals surface area contributed by atoms with Gasteiger partial charge in [0.25, 0.3) is 5.91 Å². The number of nitrogens with one attached hydrogen (secondary N) is 1. The highest BCUT2D eigenvalue weighted by Crippen LogP contribution is 2.15. The van der Waals surface area contributed by atoms with E-state index in [1.165, 1.54) is 12.3 Å². The van der Waals surface area contributed by atoms with Crippen LogP contribution >= 0.6 is 11.6 Å². The fraction of sp³-hybridized carbons (Fsp3) is 0.455.